The molecule has 3 nitrogen and oxygen atoms in total. The molecule has 0 saturated carbocycles. The lowest BCUT2D eigenvalue weighted by Gasteiger charge is -2.20. The second kappa shape index (κ2) is 8.61. The van der Waals surface area contributed by atoms with Crippen LogP contribution in [-0.2, 0) is 9.53 Å². The van der Waals surface area contributed by atoms with E-state index in [4.69, 9.17) is 10.5 Å². The van der Waals surface area contributed by atoms with Gasteiger partial charge in [-0.2, -0.15) is 0 Å². The highest BCUT2D eigenvalue weighted by atomic mass is 32.1. The van der Waals surface area contributed by atoms with Crippen LogP contribution in [0.3, 0.4) is 0 Å². The first kappa shape index (κ1) is 18.1. The van der Waals surface area contributed by atoms with Crippen LogP contribution in [-0.4, -0.2) is 12.6 Å². The van der Waals surface area contributed by atoms with E-state index < -0.39 is 6.04 Å². The summed E-state index contributed by atoms with van der Waals surface area (Å²) in [5.41, 5.74) is 9.71. The number of nitrogens with two attached hydrogens (primary N) is 1. The van der Waals surface area contributed by atoms with Gasteiger partial charge in [0.25, 0.3) is 0 Å². The molecule has 132 valence electrons. The molecule has 0 spiro atoms. The van der Waals surface area contributed by atoms with Crippen molar-refractivity contribution in [2.75, 3.05) is 6.61 Å². The van der Waals surface area contributed by atoms with E-state index in [9.17, 15) is 4.79 Å². The number of rotatable bonds is 6. The van der Waals surface area contributed by atoms with Crippen LogP contribution in [0, 0.1) is 0 Å². The number of hydrogen-bond acceptors (Lipinski definition) is 4. The molecule has 3 rings (SSSR count). The highest BCUT2D eigenvalue weighted by Crippen LogP contribution is 2.34. The Labute approximate surface area is 157 Å². The smallest absolute Gasteiger partial charge is 0.336 e. The van der Waals surface area contributed by atoms with Gasteiger partial charge in [0.2, 0.25) is 0 Å². The Morgan fingerprint density at radius 3 is 2.00 bits per heavy atom. The van der Waals surface area contributed by atoms with Gasteiger partial charge in [-0.3, -0.25) is 0 Å². The summed E-state index contributed by atoms with van der Waals surface area (Å²) in [6, 6.07) is 23.0. The molecule has 1 aromatic heterocycles. The van der Waals surface area contributed by atoms with Crippen molar-refractivity contribution in [3.63, 3.8) is 0 Å². The van der Waals surface area contributed by atoms with E-state index in [1.54, 1.807) is 6.92 Å². The lowest BCUT2D eigenvalue weighted by molar-refractivity contribution is -0.138. The van der Waals surface area contributed by atoms with Gasteiger partial charge in [0.15, 0.2) is 0 Å². The molecule has 0 aliphatic carbocycles. The maximum absolute atomic E-state index is 12.9. The molecule has 2 aromatic carbocycles. The second-order valence-electron chi connectivity index (χ2n) is 5.73. The number of carbonyl (C=O) groups excluding carboxylic acids is 1. The summed E-state index contributed by atoms with van der Waals surface area (Å²) in [6.45, 7) is 2.10. The van der Waals surface area contributed by atoms with Crippen molar-refractivity contribution in [3.8, 4) is 0 Å². The molecule has 0 saturated heterocycles. The Balaban J connectivity index is 2.27. The van der Waals surface area contributed by atoms with E-state index in [-0.39, 0.29) is 5.97 Å². The van der Waals surface area contributed by atoms with Gasteiger partial charge in [-0.05, 0) is 29.5 Å². The highest BCUT2D eigenvalue weighted by Gasteiger charge is 2.27. The molecule has 0 bridgehead atoms. The monoisotopic (exact) mass is 363 g/mol. The molecule has 0 unspecified atom stereocenters. The first-order valence-corrected chi connectivity index (χ1v) is 9.41. The molecule has 1 atom stereocenters. The third kappa shape index (κ3) is 3.93. The number of thiophene rings is 1. The van der Waals surface area contributed by atoms with E-state index >= 15 is 0 Å². The van der Waals surface area contributed by atoms with Crippen LogP contribution in [0.25, 0.3) is 5.57 Å². The van der Waals surface area contributed by atoms with Gasteiger partial charge in [0.05, 0.1) is 18.2 Å². The molecule has 3 aromatic rings. The molecule has 0 amide bonds. The van der Waals surface area contributed by atoms with Crippen molar-refractivity contribution in [2.24, 2.45) is 5.73 Å². The van der Waals surface area contributed by atoms with Gasteiger partial charge in [-0.25, -0.2) is 4.79 Å². The third-order valence-electron chi connectivity index (χ3n) is 4.05. The van der Waals surface area contributed by atoms with Gasteiger partial charge in [0, 0.05) is 10.5 Å². The van der Waals surface area contributed by atoms with Crippen LogP contribution in [0.4, 0.5) is 0 Å². The normalized spacial score (nSPS) is 11.6. The van der Waals surface area contributed by atoms with E-state index in [1.165, 1.54) is 11.3 Å². The number of ether oxygens (including phenoxy) is 1. The molecule has 0 aliphatic rings. The van der Waals surface area contributed by atoms with Crippen molar-refractivity contribution < 1.29 is 9.53 Å². The van der Waals surface area contributed by atoms with E-state index in [1.807, 2.05) is 78.2 Å². The Hall–Kier alpha value is -2.69. The zero-order valence-electron chi connectivity index (χ0n) is 14.6. The fourth-order valence-corrected chi connectivity index (χ4v) is 3.63. The van der Waals surface area contributed by atoms with Gasteiger partial charge in [-0.1, -0.05) is 66.7 Å². The Bertz CT molecular complexity index is 830. The van der Waals surface area contributed by atoms with Gasteiger partial charge >= 0.3 is 5.97 Å². The van der Waals surface area contributed by atoms with Crippen molar-refractivity contribution in [3.05, 3.63) is 99.8 Å². The number of benzene rings is 2. The Kier molecular flexibility index (Phi) is 6.00. The second-order valence-corrected chi connectivity index (χ2v) is 6.71. The van der Waals surface area contributed by atoms with E-state index in [0.717, 1.165) is 21.6 Å². The average molecular weight is 363 g/mol. The van der Waals surface area contributed by atoms with Crippen molar-refractivity contribution in [1.29, 1.82) is 0 Å². The third-order valence-corrected chi connectivity index (χ3v) is 5.01. The standard InChI is InChI=1S/C22H21NO2S/c1-2-25-22(24)20(21(23)18-14-9-15-26-18)19(16-10-5-3-6-11-16)17-12-7-4-8-13-17/h3-15,21H,2,23H2,1H3/t21-/m0/s1. The first-order valence-electron chi connectivity index (χ1n) is 8.53. The van der Waals surface area contributed by atoms with Crippen molar-refractivity contribution in [1.82, 2.24) is 0 Å². The molecule has 4 heteroatoms. The van der Waals surface area contributed by atoms with Gasteiger partial charge in [-0.15, -0.1) is 11.3 Å². The molecular weight excluding hydrogens is 342 g/mol. The Morgan fingerprint density at radius 2 is 1.54 bits per heavy atom. The van der Waals surface area contributed by atoms with Crippen LogP contribution >= 0.6 is 11.3 Å². The zero-order valence-corrected chi connectivity index (χ0v) is 15.4. The van der Waals surface area contributed by atoms with Gasteiger partial charge < -0.3 is 10.5 Å². The van der Waals surface area contributed by atoms with Crippen molar-refractivity contribution in [2.45, 2.75) is 13.0 Å². The summed E-state index contributed by atoms with van der Waals surface area (Å²) in [5, 5.41) is 1.96. The van der Waals surface area contributed by atoms with Crippen molar-refractivity contribution >= 4 is 22.9 Å². The summed E-state index contributed by atoms with van der Waals surface area (Å²) in [5.74, 6) is -0.379. The molecule has 0 fully saturated rings. The molecular formula is C22H21NO2S. The summed E-state index contributed by atoms with van der Waals surface area (Å²) >= 11 is 1.54. The number of carbonyl (C=O) groups is 1. The predicted octanol–water partition coefficient (Wildman–Crippen LogP) is 4.81. The number of esters is 1. The lowest BCUT2D eigenvalue weighted by Crippen LogP contribution is -2.22. The minimum atomic E-state index is -0.551. The summed E-state index contributed by atoms with van der Waals surface area (Å²) in [4.78, 5) is 13.8. The molecule has 1 heterocycles. The highest BCUT2D eigenvalue weighted by molar-refractivity contribution is 7.10. The van der Waals surface area contributed by atoms with E-state index in [2.05, 4.69) is 0 Å². The fraction of sp³-hybridized carbons (Fsp3) is 0.136. The SMILES string of the molecule is CCOC(=O)C(=C(c1ccccc1)c1ccccc1)[C@@H](N)c1cccs1. The zero-order chi connectivity index (χ0) is 18.4. The summed E-state index contributed by atoms with van der Waals surface area (Å²) in [6.07, 6.45) is 0. The minimum Gasteiger partial charge on any atom is -0.463 e. The van der Waals surface area contributed by atoms with Crippen LogP contribution in [0.15, 0.2) is 83.7 Å². The first-order chi connectivity index (χ1) is 12.7. The van der Waals surface area contributed by atoms with E-state index in [0.29, 0.717) is 12.2 Å². The Morgan fingerprint density at radius 1 is 0.962 bits per heavy atom. The largest absolute Gasteiger partial charge is 0.463 e. The molecule has 2 N–H and O–H groups in total. The van der Waals surface area contributed by atoms with Crippen LogP contribution in [0.5, 0.6) is 0 Å². The van der Waals surface area contributed by atoms with Crippen LogP contribution in [0.1, 0.15) is 29.0 Å². The molecule has 26 heavy (non-hydrogen) atoms. The average Bonchev–Trinajstić information content (AvgIpc) is 3.22. The van der Waals surface area contributed by atoms with Crippen LogP contribution < -0.4 is 5.73 Å². The topological polar surface area (TPSA) is 52.3 Å². The van der Waals surface area contributed by atoms with Gasteiger partial charge in [0.1, 0.15) is 0 Å². The lowest BCUT2D eigenvalue weighted by atomic mass is 9.89. The fourth-order valence-electron chi connectivity index (χ4n) is 2.89. The summed E-state index contributed by atoms with van der Waals surface area (Å²) in [7, 11) is 0. The number of hydrogen-bond donors (Lipinski definition) is 1. The predicted molar refractivity (Wildman–Crippen MR) is 107 cm³/mol. The summed E-state index contributed by atoms with van der Waals surface area (Å²) < 4.78 is 5.37. The van der Waals surface area contributed by atoms with Crippen LogP contribution in [0.2, 0.25) is 0 Å². The maximum Gasteiger partial charge on any atom is 0.336 e. The molecule has 0 aliphatic heterocycles. The molecule has 0 radical (unpaired) electrons. The minimum absolute atomic E-state index is 0.302. The quantitative estimate of drug-likeness (QED) is 0.505. The maximum atomic E-state index is 12.9.